The molecule has 1 rings (SSSR count). The van der Waals surface area contributed by atoms with E-state index in [9.17, 15) is 0 Å². The van der Waals surface area contributed by atoms with E-state index in [-0.39, 0.29) is 11.8 Å². The van der Waals surface area contributed by atoms with Crippen molar-refractivity contribution in [3.05, 3.63) is 48.3 Å². The number of hydrogen-bond donors (Lipinski definition) is 2. The zero-order valence-electron chi connectivity index (χ0n) is 8.32. The van der Waals surface area contributed by atoms with Crippen LogP contribution in [0.3, 0.4) is 0 Å². The molecule has 1 unspecified atom stereocenters. The van der Waals surface area contributed by atoms with Crippen molar-refractivity contribution in [2.45, 2.75) is 25.3 Å². The Morgan fingerprint density at radius 3 is 3.07 bits per heavy atom. The van der Waals surface area contributed by atoms with E-state index >= 15 is 0 Å². The van der Waals surface area contributed by atoms with Crippen LogP contribution in [0, 0.1) is 0 Å². The predicted molar refractivity (Wildman–Crippen MR) is 60.0 cm³/mol. The molecule has 0 heterocycles. The van der Waals surface area contributed by atoms with Gasteiger partial charge in [-0.05, 0) is 24.8 Å². The van der Waals surface area contributed by atoms with Gasteiger partial charge in [0.05, 0.1) is 6.04 Å². The third-order valence-electron chi connectivity index (χ3n) is 2.22. The van der Waals surface area contributed by atoms with E-state index in [0.29, 0.717) is 0 Å². The predicted octanol–water partition coefficient (Wildman–Crippen LogP) is 2.61. The molecular formula is C12H17NO. The molecule has 0 saturated heterocycles. The van der Waals surface area contributed by atoms with Crippen LogP contribution < -0.4 is 5.73 Å². The molecular weight excluding hydrogens is 174 g/mol. The largest absolute Gasteiger partial charge is 0.511 e. The average molecular weight is 191 g/mol. The Morgan fingerprint density at radius 1 is 1.57 bits per heavy atom. The highest BCUT2D eigenvalue weighted by Crippen LogP contribution is 2.13. The van der Waals surface area contributed by atoms with E-state index in [1.54, 1.807) is 0 Å². The van der Waals surface area contributed by atoms with Crippen LogP contribution in [0.4, 0.5) is 0 Å². The second-order valence-corrected chi connectivity index (χ2v) is 3.44. The van der Waals surface area contributed by atoms with Gasteiger partial charge in [0.2, 0.25) is 0 Å². The molecule has 0 saturated carbocycles. The lowest BCUT2D eigenvalue weighted by molar-refractivity contribution is 0.362. The van der Waals surface area contributed by atoms with Crippen molar-refractivity contribution in [2.24, 2.45) is 5.73 Å². The Kier molecular flexibility index (Phi) is 4.20. The third-order valence-corrected chi connectivity index (χ3v) is 2.22. The van der Waals surface area contributed by atoms with Crippen molar-refractivity contribution in [1.82, 2.24) is 0 Å². The highest BCUT2D eigenvalue weighted by atomic mass is 16.3. The first kappa shape index (κ1) is 10.8. The van der Waals surface area contributed by atoms with Crippen molar-refractivity contribution in [3.63, 3.8) is 0 Å². The average Bonchev–Trinajstić information content (AvgIpc) is 2.42. The van der Waals surface area contributed by atoms with Crippen LogP contribution in [0.1, 0.15) is 19.3 Å². The van der Waals surface area contributed by atoms with E-state index in [1.807, 2.05) is 0 Å². The zero-order valence-corrected chi connectivity index (χ0v) is 8.32. The molecule has 0 radical (unpaired) electrons. The minimum atomic E-state index is -0.309. The minimum absolute atomic E-state index is 0.0683. The van der Waals surface area contributed by atoms with Gasteiger partial charge in [-0.3, -0.25) is 0 Å². The number of hydrogen-bond acceptors (Lipinski definition) is 2. The molecule has 0 bridgehead atoms. The van der Waals surface area contributed by atoms with Gasteiger partial charge in [0, 0.05) is 0 Å². The standard InChI is InChI=1S/C12H17NO/c1-10(14)12(13)9-8-11-6-4-2-3-5-7-11/h2,4-7,12,14H,1,3,8-9,13H2. The fraction of sp³-hybridized carbons (Fsp3) is 0.333. The Balaban J connectivity index is 2.41. The lowest BCUT2D eigenvalue weighted by Crippen LogP contribution is -2.21. The van der Waals surface area contributed by atoms with Crippen LogP contribution in [0.2, 0.25) is 0 Å². The summed E-state index contributed by atoms with van der Waals surface area (Å²) in [5.41, 5.74) is 6.90. The molecule has 3 N–H and O–H groups in total. The first-order chi connectivity index (χ1) is 6.70. The molecule has 1 aliphatic carbocycles. The third kappa shape index (κ3) is 3.62. The maximum Gasteiger partial charge on any atom is 0.102 e. The van der Waals surface area contributed by atoms with Gasteiger partial charge >= 0.3 is 0 Å². The summed E-state index contributed by atoms with van der Waals surface area (Å²) in [6, 6.07) is -0.309. The van der Waals surface area contributed by atoms with Gasteiger partial charge in [0.1, 0.15) is 5.76 Å². The molecule has 0 aromatic rings. The highest BCUT2D eigenvalue weighted by Gasteiger charge is 2.05. The second-order valence-electron chi connectivity index (χ2n) is 3.44. The van der Waals surface area contributed by atoms with E-state index in [1.165, 1.54) is 5.57 Å². The van der Waals surface area contributed by atoms with Crippen LogP contribution in [0.5, 0.6) is 0 Å². The number of allylic oxidation sites excluding steroid dienone is 6. The van der Waals surface area contributed by atoms with Crippen LogP contribution in [-0.2, 0) is 0 Å². The Hall–Kier alpha value is -1.28. The first-order valence-corrected chi connectivity index (χ1v) is 4.85. The summed E-state index contributed by atoms with van der Waals surface area (Å²) in [6.07, 6.45) is 13.1. The van der Waals surface area contributed by atoms with Gasteiger partial charge in [-0.1, -0.05) is 37.0 Å². The molecule has 0 fully saturated rings. The van der Waals surface area contributed by atoms with Gasteiger partial charge in [-0.25, -0.2) is 0 Å². The Bertz CT molecular complexity index is 287. The molecule has 1 aliphatic rings. The monoisotopic (exact) mass is 191 g/mol. The summed E-state index contributed by atoms with van der Waals surface area (Å²) >= 11 is 0. The van der Waals surface area contributed by atoms with E-state index < -0.39 is 0 Å². The molecule has 1 atom stereocenters. The van der Waals surface area contributed by atoms with E-state index in [0.717, 1.165) is 19.3 Å². The smallest absolute Gasteiger partial charge is 0.102 e. The minimum Gasteiger partial charge on any atom is -0.511 e. The zero-order chi connectivity index (χ0) is 10.4. The van der Waals surface area contributed by atoms with Crippen molar-refractivity contribution >= 4 is 0 Å². The fourth-order valence-electron chi connectivity index (χ4n) is 1.28. The lowest BCUT2D eigenvalue weighted by atomic mass is 10.0. The molecule has 2 heteroatoms. The summed E-state index contributed by atoms with van der Waals surface area (Å²) in [6.45, 7) is 3.42. The van der Waals surface area contributed by atoms with Crippen molar-refractivity contribution in [1.29, 1.82) is 0 Å². The molecule has 0 aromatic heterocycles. The van der Waals surface area contributed by atoms with E-state index in [4.69, 9.17) is 10.8 Å². The van der Waals surface area contributed by atoms with Gasteiger partial charge in [-0.2, -0.15) is 0 Å². The van der Waals surface area contributed by atoms with Gasteiger partial charge in [0.25, 0.3) is 0 Å². The highest BCUT2D eigenvalue weighted by molar-refractivity contribution is 5.27. The summed E-state index contributed by atoms with van der Waals surface area (Å²) in [7, 11) is 0. The summed E-state index contributed by atoms with van der Waals surface area (Å²) < 4.78 is 0. The SMILES string of the molecule is C=C(O)C(N)CCC1=CC=CCC=C1. The number of aliphatic hydroxyl groups is 1. The van der Waals surface area contributed by atoms with Crippen LogP contribution in [0.25, 0.3) is 0 Å². The normalized spacial score (nSPS) is 17.4. The summed E-state index contributed by atoms with van der Waals surface area (Å²) in [5, 5.41) is 9.04. The fourth-order valence-corrected chi connectivity index (χ4v) is 1.28. The van der Waals surface area contributed by atoms with Crippen LogP contribution in [0.15, 0.2) is 48.3 Å². The first-order valence-electron chi connectivity index (χ1n) is 4.85. The summed E-state index contributed by atoms with van der Waals surface area (Å²) in [4.78, 5) is 0. The molecule has 2 nitrogen and oxygen atoms in total. The Labute approximate surface area is 85.1 Å². The molecule has 0 aliphatic heterocycles. The second kappa shape index (κ2) is 5.45. The van der Waals surface area contributed by atoms with Crippen molar-refractivity contribution in [3.8, 4) is 0 Å². The van der Waals surface area contributed by atoms with Crippen LogP contribution in [-0.4, -0.2) is 11.1 Å². The molecule has 0 aromatic carbocycles. The van der Waals surface area contributed by atoms with Crippen molar-refractivity contribution < 1.29 is 5.11 Å². The van der Waals surface area contributed by atoms with Gasteiger partial charge in [-0.15, -0.1) is 0 Å². The molecule has 76 valence electrons. The maximum atomic E-state index is 9.04. The lowest BCUT2D eigenvalue weighted by Gasteiger charge is -2.09. The molecule has 14 heavy (non-hydrogen) atoms. The topological polar surface area (TPSA) is 46.2 Å². The van der Waals surface area contributed by atoms with E-state index in [2.05, 4.69) is 37.0 Å². The maximum absolute atomic E-state index is 9.04. The molecule has 0 spiro atoms. The number of nitrogens with two attached hydrogens (primary N) is 1. The quantitative estimate of drug-likeness (QED) is 0.671. The number of rotatable bonds is 4. The molecule has 0 amide bonds. The number of aliphatic hydroxyl groups excluding tert-OH is 1. The Morgan fingerprint density at radius 2 is 2.36 bits per heavy atom. The van der Waals surface area contributed by atoms with Crippen LogP contribution >= 0.6 is 0 Å². The van der Waals surface area contributed by atoms with Gasteiger partial charge < -0.3 is 10.8 Å². The summed E-state index contributed by atoms with van der Waals surface area (Å²) in [5.74, 6) is 0.0683. The van der Waals surface area contributed by atoms with Crippen molar-refractivity contribution in [2.75, 3.05) is 0 Å². The van der Waals surface area contributed by atoms with Gasteiger partial charge in [0.15, 0.2) is 0 Å².